The summed E-state index contributed by atoms with van der Waals surface area (Å²) in [5.41, 5.74) is 1.38. The summed E-state index contributed by atoms with van der Waals surface area (Å²) in [5, 5.41) is 3.47. The molecule has 0 aromatic heterocycles. The smallest absolute Gasteiger partial charge is 0.0700 e. The van der Waals surface area contributed by atoms with Gasteiger partial charge < -0.3 is 14.8 Å². The lowest BCUT2D eigenvalue weighted by molar-refractivity contribution is 0.0448. The van der Waals surface area contributed by atoms with Crippen LogP contribution in [-0.4, -0.2) is 58.0 Å². The Morgan fingerprint density at radius 1 is 1.21 bits per heavy atom. The standard InChI is InChI=1S/C15H24N2O2/c1-18-11-12-19-10-9-17-8-7-16-13-15(17)14-5-3-2-4-6-14/h2-6,15-16H,7-13H2,1H3. The van der Waals surface area contributed by atoms with Crippen LogP contribution in [0.3, 0.4) is 0 Å². The topological polar surface area (TPSA) is 33.7 Å². The van der Waals surface area contributed by atoms with Crippen molar-refractivity contribution in [3.05, 3.63) is 35.9 Å². The lowest BCUT2D eigenvalue weighted by Crippen LogP contribution is -2.47. The van der Waals surface area contributed by atoms with Crippen molar-refractivity contribution in [2.24, 2.45) is 0 Å². The number of rotatable bonds is 7. The number of benzene rings is 1. The Morgan fingerprint density at radius 2 is 2.05 bits per heavy atom. The summed E-state index contributed by atoms with van der Waals surface area (Å²) in [7, 11) is 1.70. The molecule has 0 aliphatic carbocycles. The van der Waals surface area contributed by atoms with Crippen molar-refractivity contribution in [2.75, 3.05) is 53.1 Å². The average molecular weight is 264 g/mol. The molecule has 4 nitrogen and oxygen atoms in total. The number of hydrogen-bond donors (Lipinski definition) is 1. The zero-order valence-corrected chi connectivity index (χ0v) is 11.7. The van der Waals surface area contributed by atoms with Gasteiger partial charge in [0, 0.05) is 39.3 Å². The molecule has 0 spiro atoms. The highest BCUT2D eigenvalue weighted by Gasteiger charge is 2.22. The SMILES string of the molecule is COCCOCCN1CCNCC1c1ccccc1. The molecule has 1 heterocycles. The maximum Gasteiger partial charge on any atom is 0.0700 e. The largest absolute Gasteiger partial charge is 0.382 e. The Hall–Kier alpha value is -0.940. The fourth-order valence-corrected chi connectivity index (χ4v) is 2.44. The van der Waals surface area contributed by atoms with Gasteiger partial charge in [-0.1, -0.05) is 30.3 Å². The second-order valence-electron chi connectivity index (χ2n) is 4.77. The molecule has 0 saturated carbocycles. The van der Waals surface area contributed by atoms with E-state index < -0.39 is 0 Å². The van der Waals surface area contributed by atoms with Gasteiger partial charge in [-0.2, -0.15) is 0 Å². The van der Waals surface area contributed by atoms with E-state index in [0.717, 1.165) is 32.8 Å². The normalized spacial score (nSPS) is 20.6. The van der Waals surface area contributed by atoms with Crippen molar-refractivity contribution in [3.63, 3.8) is 0 Å². The molecule has 19 heavy (non-hydrogen) atoms. The molecular formula is C15H24N2O2. The van der Waals surface area contributed by atoms with Crippen LogP contribution < -0.4 is 5.32 Å². The van der Waals surface area contributed by atoms with Gasteiger partial charge in [0.15, 0.2) is 0 Å². The Morgan fingerprint density at radius 3 is 2.84 bits per heavy atom. The Labute approximate surface area is 115 Å². The highest BCUT2D eigenvalue weighted by atomic mass is 16.5. The van der Waals surface area contributed by atoms with Crippen LogP contribution in [0.4, 0.5) is 0 Å². The monoisotopic (exact) mass is 264 g/mol. The first kappa shape index (κ1) is 14.5. The summed E-state index contributed by atoms with van der Waals surface area (Å²) in [5.74, 6) is 0. The van der Waals surface area contributed by atoms with Crippen LogP contribution in [0.15, 0.2) is 30.3 Å². The molecule has 4 heteroatoms. The Bertz CT molecular complexity index is 345. The van der Waals surface area contributed by atoms with Crippen LogP contribution >= 0.6 is 0 Å². The highest BCUT2D eigenvalue weighted by molar-refractivity contribution is 5.20. The third-order valence-corrected chi connectivity index (χ3v) is 3.49. The van der Waals surface area contributed by atoms with E-state index in [0.29, 0.717) is 19.3 Å². The van der Waals surface area contributed by atoms with E-state index in [4.69, 9.17) is 9.47 Å². The first-order valence-electron chi connectivity index (χ1n) is 6.98. The predicted octanol–water partition coefficient (Wildman–Crippen LogP) is 1.30. The van der Waals surface area contributed by atoms with E-state index >= 15 is 0 Å². The maximum absolute atomic E-state index is 5.57. The van der Waals surface area contributed by atoms with Gasteiger partial charge in [-0.25, -0.2) is 0 Å². The maximum atomic E-state index is 5.57. The number of hydrogen-bond acceptors (Lipinski definition) is 4. The molecule has 0 amide bonds. The second kappa shape index (κ2) is 8.27. The number of nitrogens with one attached hydrogen (secondary N) is 1. The van der Waals surface area contributed by atoms with E-state index in [9.17, 15) is 0 Å². The molecule has 1 saturated heterocycles. The van der Waals surface area contributed by atoms with Gasteiger partial charge in [0.05, 0.1) is 19.8 Å². The molecule has 1 N–H and O–H groups in total. The van der Waals surface area contributed by atoms with Crippen molar-refractivity contribution in [1.82, 2.24) is 10.2 Å². The summed E-state index contributed by atoms with van der Waals surface area (Å²) in [6, 6.07) is 11.2. The van der Waals surface area contributed by atoms with E-state index in [1.165, 1.54) is 5.56 Å². The molecule has 106 valence electrons. The molecular weight excluding hydrogens is 240 g/mol. The lowest BCUT2D eigenvalue weighted by atomic mass is 10.0. The van der Waals surface area contributed by atoms with Crippen LogP contribution in [0, 0.1) is 0 Å². The van der Waals surface area contributed by atoms with E-state index in [2.05, 4.69) is 40.5 Å². The van der Waals surface area contributed by atoms with E-state index in [1.54, 1.807) is 7.11 Å². The summed E-state index contributed by atoms with van der Waals surface area (Å²) < 4.78 is 10.5. The van der Waals surface area contributed by atoms with Gasteiger partial charge in [0.25, 0.3) is 0 Å². The molecule has 2 rings (SSSR count). The molecule has 1 aromatic rings. The van der Waals surface area contributed by atoms with Gasteiger partial charge in [-0.15, -0.1) is 0 Å². The minimum atomic E-state index is 0.459. The molecule has 1 aliphatic heterocycles. The molecule has 1 atom stereocenters. The van der Waals surface area contributed by atoms with Crippen LogP contribution in [0.25, 0.3) is 0 Å². The Kier molecular flexibility index (Phi) is 6.30. The van der Waals surface area contributed by atoms with Crippen molar-refractivity contribution in [1.29, 1.82) is 0 Å². The number of nitrogens with zero attached hydrogens (tertiary/aromatic N) is 1. The van der Waals surface area contributed by atoms with Crippen LogP contribution in [0.1, 0.15) is 11.6 Å². The van der Waals surface area contributed by atoms with Crippen LogP contribution in [0.5, 0.6) is 0 Å². The van der Waals surface area contributed by atoms with Crippen LogP contribution in [0.2, 0.25) is 0 Å². The minimum absolute atomic E-state index is 0.459. The van der Waals surface area contributed by atoms with Gasteiger partial charge >= 0.3 is 0 Å². The Balaban J connectivity index is 1.83. The molecule has 0 radical (unpaired) electrons. The average Bonchev–Trinajstić information content (AvgIpc) is 2.48. The van der Waals surface area contributed by atoms with E-state index in [1.807, 2.05) is 0 Å². The molecule has 0 bridgehead atoms. The fraction of sp³-hybridized carbons (Fsp3) is 0.600. The third-order valence-electron chi connectivity index (χ3n) is 3.49. The van der Waals surface area contributed by atoms with E-state index in [-0.39, 0.29) is 0 Å². The predicted molar refractivity (Wildman–Crippen MR) is 76.3 cm³/mol. The zero-order valence-electron chi connectivity index (χ0n) is 11.7. The van der Waals surface area contributed by atoms with Crippen molar-refractivity contribution >= 4 is 0 Å². The van der Waals surface area contributed by atoms with Crippen molar-refractivity contribution in [3.8, 4) is 0 Å². The quantitative estimate of drug-likeness (QED) is 0.753. The fourth-order valence-electron chi connectivity index (χ4n) is 2.44. The molecule has 1 aliphatic rings. The number of piperazine rings is 1. The van der Waals surface area contributed by atoms with Crippen molar-refractivity contribution < 1.29 is 9.47 Å². The van der Waals surface area contributed by atoms with Gasteiger partial charge in [0.1, 0.15) is 0 Å². The summed E-state index contributed by atoms with van der Waals surface area (Å²) >= 11 is 0. The summed E-state index contributed by atoms with van der Waals surface area (Å²) in [6.45, 7) is 6.25. The first-order valence-corrected chi connectivity index (χ1v) is 6.98. The number of methoxy groups -OCH3 is 1. The lowest BCUT2D eigenvalue weighted by Gasteiger charge is -2.36. The molecule has 1 unspecified atom stereocenters. The molecule has 1 fully saturated rings. The highest BCUT2D eigenvalue weighted by Crippen LogP contribution is 2.21. The third kappa shape index (κ3) is 4.58. The second-order valence-corrected chi connectivity index (χ2v) is 4.77. The summed E-state index contributed by atoms with van der Waals surface area (Å²) in [4.78, 5) is 2.50. The first-order chi connectivity index (χ1) is 9.42. The van der Waals surface area contributed by atoms with Gasteiger partial charge in [0.2, 0.25) is 0 Å². The van der Waals surface area contributed by atoms with Crippen molar-refractivity contribution in [2.45, 2.75) is 6.04 Å². The number of ether oxygens (including phenoxy) is 2. The zero-order chi connectivity index (χ0) is 13.3. The van der Waals surface area contributed by atoms with Gasteiger partial charge in [-0.05, 0) is 5.56 Å². The summed E-state index contributed by atoms with van der Waals surface area (Å²) in [6.07, 6.45) is 0. The van der Waals surface area contributed by atoms with Gasteiger partial charge in [-0.3, -0.25) is 4.90 Å². The minimum Gasteiger partial charge on any atom is -0.382 e. The molecule has 1 aromatic carbocycles. The van der Waals surface area contributed by atoms with Crippen LogP contribution in [-0.2, 0) is 9.47 Å².